The van der Waals surface area contributed by atoms with Gasteiger partial charge in [0, 0.05) is 18.8 Å². The van der Waals surface area contributed by atoms with Crippen LogP contribution in [0.25, 0.3) is 0 Å². The van der Waals surface area contributed by atoms with E-state index in [2.05, 4.69) is 10.3 Å². The van der Waals surface area contributed by atoms with Crippen LogP contribution in [0.3, 0.4) is 0 Å². The highest BCUT2D eigenvalue weighted by atomic mass is 16.5. The van der Waals surface area contributed by atoms with E-state index in [-0.39, 0.29) is 17.6 Å². The Kier molecular flexibility index (Phi) is 6.54. The third kappa shape index (κ3) is 5.20. The standard InChI is InChI=1S/C19H22N2O5/c1-12(2)26-17-7-6-15(11-21-17)18(22)20-9-8-13-4-5-14(19(23)24)10-16(13)25-3/h4-7,10-12H,8-9H2,1-3H3,(H,20,22)(H,23,24). The number of amides is 1. The van der Waals surface area contributed by atoms with Gasteiger partial charge in [0.25, 0.3) is 5.91 Å². The lowest BCUT2D eigenvalue weighted by Gasteiger charge is -2.11. The molecular formula is C19H22N2O5. The summed E-state index contributed by atoms with van der Waals surface area (Å²) in [4.78, 5) is 27.3. The number of pyridine rings is 1. The third-order valence-electron chi connectivity index (χ3n) is 3.57. The Morgan fingerprint density at radius 2 is 1.92 bits per heavy atom. The summed E-state index contributed by atoms with van der Waals surface area (Å²) >= 11 is 0. The predicted molar refractivity (Wildman–Crippen MR) is 96.0 cm³/mol. The van der Waals surface area contributed by atoms with Crippen molar-refractivity contribution in [1.82, 2.24) is 10.3 Å². The number of rotatable bonds is 8. The number of ether oxygens (including phenoxy) is 2. The molecular weight excluding hydrogens is 336 g/mol. The van der Waals surface area contributed by atoms with Crippen molar-refractivity contribution in [3.63, 3.8) is 0 Å². The molecule has 0 radical (unpaired) electrons. The highest BCUT2D eigenvalue weighted by Crippen LogP contribution is 2.20. The van der Waals surface area contributed by atoms with Gasteiger partial charge in [0.1, 0.15) is 5.75 Å². The quantitative estimate of drug-likeness (QED) is 0.753. The lowest BCUT2D eigenvalue weighted by atomic mass is 10.1. The van der Waals surface area contributed by atoms with Gasteiger partial charge in [-0.05, 0) is 44.0 Å². The number of carbonyl (C=O) groups excluding carboxylic acids is 1. The van der Waals surface area contributed by atoms with Gasteiger partial charge in [-0.3, -0.25) is 4.79 Å². The summed E-state index contributed by atoms with van der Waals surface area (Å²) in [6.45, 7) is 4.19. The number of hydrogen-bond donors (Lipinski definition) is 2. The SMILES string of the molecule is COc1cc(C(=O)O)ccc1CCNC(=O)c1ccc(OC(C)C)nc1. The summed E-state index contributed by atoms with van der Waals surface area (Å²) < 4.78 is 10.7. The molecule has 0 fully saturated rings. The van der Waals surface area contributed by atoms with Crippen LogP contribution in [0.15, 0.2) is 36.5 Å². The van der Waals surface area contributed by atoms with Gasteiger partial charge < -0.3 is 19.9 Å². The molecule has 1 heterocycles. The molecule has 1 aromatic heterocycles. The lowest BCUT2D eigenvalue weighted by Crippen LogP contribution is -2.26. The second-order valence-electron chi connectivity index (χ2n) is 5.89. The zero-order valence-electron chi connectivity index (χ0n) is 15.0. The first-order valence-electron chi connectivity index (χ1n) is 8.22. The van der Waals surface area contributed by atoms with Gasteiger partial charge in [-0.2, -0.15) is 0 Å². The van der Waals surface area contributed by atoms with Crippen LogP contribution < -0.4 is 14.8 Å². The Bertz CT molecular complexity index is 772. The molecule has 0 aliphatic rings. The van der Waals surface area contributed by atoms with Crippen molar-refractivity contribution in [2.45, 2.75) is 26.4 Å². The summed E-state index contributed by atoms with van der Waals surface area (Å²) in [7, 11) is 1.48. The Balaban J connectivity index is 1.93. The summed E-state index contributed by atoms with van der Waals surface area (Å²) in [6.07, 6.45) is 2.00. The fraction of sp³-hybridized carbons (Fsp3) is 0.316. The summed E-state index contributed by atoms with van der Waals surface area (Å²) in [5.41, 5.74) is 1.41. The zero-order valence-corrected chi connectivity index (χ0v) is 15.0. The van der Waals surface area contributed by atoms with Crippen molar-refractivity contribution in [3.05, 3.63) is 53.2 Å². The number of methoxy groups -OCH3 is 1. The van der Waals surface area contributed by atoms with Crippen molar-refractivity contribution < 1.29 is 24.2 Å². The van der Waals surface area contributed by atoms with Crippen LogP contribution in [0, 0.1) is 0 Å². The minimum absolute atomic E-state index is 0.0182. The number of carboxylic acid groups (broad SMARTS) is 1. The van der Waals surface area contributed by atoms with Gasteiger partial charge in [-0.1, -0.05) is 6.07 Å². The fourth-order valence-corrected chi connectivity index (χ4v) is 2.32. The van der Waals surface area contributed by atoms with E-state index in [1.165, 1.54) is 25.4 Å². The van der Waals surface area contributed by atoms with E-state index >= 15 is 0 Å². The average Bonchev–Trinajstić information content (AvgIpc) is 2.61. The highest BCUT2D eigenvalue weighted by Gasteiger charge is 2.11. The number of carboxylic acids is 1. The van der Waals surface area contributed by atoms with Crippen molar-refractivity contribution >= 4 is 11.9 Å². The molecule has 0 aliphatic heterocycles. The molecule has 7 heteroatoms. The molecule has 7 nitrogen and oxygen atoms in total. The number of nitrogens with one attached hydrogen (secondary N) is 1. The molecule has 2 aromatic rings. The minimum atomic E-state index is -1.01. The van der Waals surface area contributed by atoms with Crippen LogP contribution in [0.1, 0.15) is 40.1 Å². The summed E-state index contributed by atoms with van der Waals surface area (Å²) in [6, 6.07) is 7.98. The van der Waals surface area contributed by atoms with Gasteiger partial charge in [-0.15, -0.1) is 0 Å². The average molecular weight is 358 g/mol. The molecule has 0 unspecified atom stereocenters. The van der Waals surface area contributed by atoms with Crippen LogP contribution >= 0.6 is 0 Å². The highest BCUT2D eigenvalue weighted by molar-refractivity contribution is 5.93. The maximum Gasteiger partial charge on any atom is 0.335 e. The number of hydrogen-bond acceptors (Lipinski definition) is 5. The van der Waals surface area contributed by atoms with E-state index in [0.717, 1.165) is 5.56 Å². The molecule has 0 spiro atoms. The van der Waals surface area contributed by atoms with E-state index in [1.807, 2.05) is 13.8 Å². The molecule has 26 heavy (non-hydrogen) atoms. The lowest BCUT2D eigenvalue weighted by molar-refractivity contribution is 0.0696. The molecule has 0 saturated carbocycles. The Morgan fingerprint density at radius 3 is 2.50 bits per heavy atom. The Morgan fingerprint density at radius 1 is 1.19 bits per heavy atom. The van der Waals surface area contributed by atoms with E-state index in [4.69, 9.17) is 14.6 Å². The summed E-state index contributed by atoms with van der Waals surface area (Å²) in [5.74, 6) is -0.300. The minimum Gasteiger partial charge on any atom is -0.496 e. The summed E-state index contributed by atoms with van der Waals surface area (Å²) in [5, 5.41) is 11.8. The van der Waals surface area contributed by atoms with Crippen LogP contribution in [0.5, 0.6) is 11.6 Å². The molecule has 2 rings (SSSR count). The Hall–Kier alpha value is -3.09. The number of aromatic carboxylic acids is 1. The number of benzene rings is 1. The van der Waals surface area contributed by atoms with E-state index < -0.39 is 5.97 Å². The largest absolute Gasteiger partial charge is 0.496 e. The smallest absolute Gasteiger partial charge is 0.335 e. The fourth-order valence-electron chi connectivity index (χ4n) is 2.32. The monoisotopic (exact) mass is 358 g/mol. The normalized spacial score (nSPS) is 10.5. The second kappa shape index (κ2) is 8.84. The van der Waals surface area contributed by atoms with Crippen LogP contribution in [0.4, 0.5) is 0 Å². The van der Waals surface area contributed by atoms with Crippen LogP contribution in [0.2, 0.25) is 0 Å². The van der Waals surface area contributed by atoms with Crippen molar-refractivity contribution in [1.29, 1.82) is 0 Å². The molecule has 0 bridgehead atoms. The molecule has 138 valence electrons. The third-order valence-corrected chi connectivity index (χ3v) is 3.57. The molecule has 1 aromatic carbocycles. The number of nitrogens with zero attached hydrogens (tertiary/aromatic N) is 1. The first-order chi connectivity index (χ1) is 12.4. The zero-order chi connectivity index (χ0) is 19.1. The maximum absolute atomic E-state index is 12.2. The van der Waals surface area contributed by atoms with Gasteiger partial charge in [-0.25, -0.2) is 9.78 Å². The molecule has 2 N–H and O–H groups in total. The van der Waals surface area contributed by atoms with Crippen molar-refractivity contribution in [2.75, 3.05) is 13.7 Å². The van der Waals surface area contributed by atoms with Gasteiger partial charge in [0.05, 0.1) is 24.3 Å². The topological polar surface area (TPSA) is 97.8 Å². The molecule has 1 amide bonds. The van der Waals surface area contributed by atoms with E-state index in [0.29, 0.717) is 30.2 Å². The second-order valence-corrected chi connectivity index (χ2v) is 5.89. The van der Waals surface area contributed by atoms with Gasteiger partial charge >= 0.3 is 5.97 Å². The first kappa shape index (κ1) is 19.2. The van der Waals surface area contributed by atoms with Crippen LogP contribution in [-0.4, -0.2) is 41.7 Å². The van der Waals surface area contributed by atoms with Crippen molar-refractivity contribution in [2.24, 2.45) is 0 Å². The van der Waals surface area contributed by atoms with E-state index in [9.17, 15) is 9.59 Å². The van der Waals surface area contributed by atoms with E-state index in [1.54, 1.807) is 18.2 Å². The van der Waals surface area contributed by atoms with Crippen LogP contribution in [-0.2, 0) is 6.42 Å². The maximum atomic E-state index is 12.2. The van der Waals surface area contributed by atoms with Crippen molar-refractivity contribution in [3.8, 4) is 11.6 Å². The van der Waals surface area contributed by atoms with Gasteiger partial charge in [0.2, 0.25) is 5.88 Å². The first-order valence-corrected chi connectivity index (χ1v) is 8.22. The predicted octanol–water partition coefficient (Wildman–Crippen LogP) is 2.55. The molecule has 0 atom stereocenters. The molecule has 0 saturated heterocycles. The van der Waals surface area contributed by atoms with Gasteiger partial charge in [0.15, 0.2) is 0 Å². The number of aromatic nitrogens is 1. The molecule has 0 aliphatic carbocycles. The Labute approximate surface area is 152 Å². The number of carbonyl (C=O) groups is 2.